The number of hydrogen-bond donors (Lipinski definition) is 2. The van der Waals surface area contributed by atoms with Crippen LogP contribution >= 0.6 is 0 Å². The Morgan fingerprint density at radius 2 is 2.17 bits per heavy atom. The number of carbonyl (C=O) groups excluding carboxylic acids is 1. The largest absolute Gasteiger partial charge is 0.326 e. The minimum absolute atomic E-state index is 0.0160. The number of ketones is 1. The Morgan fingerprint density at radius 3 is 2.50 bits per heavy atom. The predicted molar refractivity (Wildman–Crippen MR) is 50.4 cm³/mol. The van der Waals surface area contributed by atoms with Crippen LogP contribution in [0.3, 0.4) is 0 Å². The molecule has 68 valence electrons. The summed E-state index contributed by atoms with van der Waals surface area (Å²) in [5, 5.41) is 0. The first-order chi connectivity index (χ1) is 5.67. The molecular formula is C9H16N2O. The second kappa shape index (κ2) is 5.55. The lowest BCUT2D eigenvalue weighted by Gasteiger charge is -2.08. The van der Waals surface area contributed by atoms with Crippen molar-refractivity contribution in [2.24, 2.45) is 0 Å². The Labute approximate surface area is 73.5 Å². The van der Waals surface area contributed by atoms with Gasteiger partial charge in [0.2, 0.25) is 0 Å². The van der Waals surface area contributed by atoms with Crippen molar-refractivity contribution in [2.75, 3.05) is 7.05 Å². The minimum atomic E-state index is -0.0160. The Morgan fingerprint density at radius 1 is 1.58 bits per heavy atom. The van der Waals surface area contributed by atoms with Crippen molar-refractivity contribution in [3.8, 4) is 0 Å². The molecule has 0 heterocycles. The summed E-state index contributed by atoms with van der Waals surface area (Å²) in [5.41, 5.74) is 7.25. The van der Waals surface area contributed by atoms with Crippen molar-refractivity contribution in [2.45, 2.75) is 20.3 Å². The molecule has 0 spiro atoms. The van der Waals surface area contributed by atoms with E-state index in [0.717, 1.165) is 11.3 Å². The zero-order valence-electron chi connectivity index (χ0n) is 7.90. The quantitative estimate of drug-likeness (QED) is 0.478. The zero-order chi connectivity index (χ0) is 9.56. The van der Waals surface area contributed by atoms with Crippen LogP contribution in [0.25, 0.3) is 0 Å². The van der Waals surface area contributed by atoms with Gasteiger partial charge in [-0.3, -0.25) is 4.79 Å². The normalized spacial score (nSPS) is 11.9. The monoisotopic (exact) mass is 168 g/mol. The second-order valence-electron chi connectivity index (χ2n) is 2.40. The molecule has 0 aromatic carbocycles. The van der Waals surface area contributed by atoms with Crippen molar-refractivity contribution < 1.29 is 4.79 Å². The summed E-state index contributed by atoms with van der Waals surface area (Å²) in [6.07, 6.45) is 2.05. The van der Waals surface area contributed by atoms with Gasteiger partial charge in [-0.05, 0) is 19.4 Å². The molecule has 0 radical (unpaired) electrons. The van der Waals surface area contributed by atoms with Gasteiger partial charge in [0.15, 0.2) is 5.78 Å². The van der Waals surface area contributed by atoms with Crippen LogP contribution in [0.15, 0.2) is 23.9 Å². The average Bonchev–Trinajstić information content (AvgIpc) is 2.06. The zero-order valence-corrected chi connectivity index (χ0v) is 7.90. The number of nitrogens with one attached hydrogen (secondary N) is 2. The smallest absolute Gasteiger partial charge is 0.182 e. The third-order valence-electron chi connectivity index (χ3n) is 1.60. The molecule has 0 aliphatic rings. The van der Waals surface area contributed by atoms with Gasteiger partial charge in [0.25, 0.3) is 0 Å². The van der Waals surface area contributed by atoms with E-state index in [1.165, 1.54) is 6.08 Å². The Kier molecular flexibility index (Phi) is 5.04. The number of carbonyl (C=O) groups is 1. The Balaban J connectivity index is 4.59. The van der Waals surface area contributed by atoms with E-state index in [0.29, 0.717) is 6.42 Å². The van der Waals surface area contributed by atoms with Crippen LogP contribution in [0.1, 0.15) is 20.3 Å². The van der Waals surface area contributed by atoms with Crippen LogP contribution in [-0.4, -0.2) is 12.8 Å². The van der Waals surface area contributed by atoms with Gasteiger partial charge in [-0.15, -0.1) is 0 Å². The van der Waals surface area contributed by atoms with Crippen LogP contribution in [0.5, 0.6) is 0 Å². The molecule has 0 saturated carbocycles. The lowest BCUT2D eigenvalue weighted by atomic mass is 10.1. The molecule has 0 atom stereocenters. The Bertz CT molecular complexity index is 207. The highest BCUT2D eigenvalue weighted by Crippen LogP contribution is 2.07. The van der Waals surface area contributed by atoms with Gasteiger partial charge in [-0.1, -0.05) is 13.5 Å². The molecule has 0 aromatic rings. The molecule has 12 heavy (non-hydrogen) atoms. The number of hydrogen-bond acceptors (Lipinski definition) is 3. The van der Waals surface area contributed by atoms with Gasteiger partial charge in [-0.25, -0.2) is 5.43 Å². The maximum Gasteiger partial charge on any atom is 0.182 e. The van der Waals surface area contributed by atoms with Crippen LogP contribution in [0.2, 0.25) is 0 Å². The number of allylic oxidation sites excluding steroid dienone is 3. The van der Waals surface area contributed by atoms with Crippen LogP contribution in [0.4, 0.5) is 0 Å². The van der Waals surface area contributed by atoms with Gasteiger partial charge in [0, 0.05) is 18.3 Å². The van der Waals surface area contributed by atoms with E-state index in [4.69, 9.17) is 0 Å². The predicted octanol–water partition coefficient (Wildman–Crippen LogP) is 1.15. The highest BCUT2D eigenvalue weighted by atomic mass is 16.1. The molecule has 0 bridgehead atoms. The van der Waals surface area contributed by atoms with E-state index in [9.17, 15) is 4.79 Å². The van der Waals surface area contributed by atoms with Crippen molar-refractivity contribution in [1.29, 1.82) is 0 Å². The lowest BCUT2D eigenvalue weighted by Crippen LogP contribution is -2.27. The molecule has 3 nitrogen and oxygen atoms in total. The van der Waals surface area contributed by atoms with E-state index in [2.05, 4.69) is 17.4 Å². The second-order valence-corrected chi connectivity index (χ2v) is 2.40. The highest BCUT2D eigenvalue weighted by Gasteiger charge is 2.06. The molecular weight excluding hydrogens is 152 g/mol. The Hall–Kier alpha value is -1.09. The molecule has 0 unspecified atom stereocenters. The van der Waals surface area contributed by atoms with Crippen molar-refractivity contribution in [1.82, 2.24) is 10.9 Å². The van der Waals surface area contributed by atoms with E-state index < -0.39 is 0 Å². The van der Waals surface area contributed by atoms with E-state index >= 15 is 0 Å². The minimum Gasteiger partial charge on any atom is -0.326 e. The van der Waals surface area contributed by atoms with Gasteiger partial charge >= 0.3 is 0 Å². The number of hydrazine groups is 1. The fraction of sp³-hybridized carbons (Fsp3) is 0.444. The van der Waals surface area contributed by atoms with Crippen LogP contribution in [0, 0.1) is 0 Å². The van der Waals surface area contributed by atoms with E-state index in [1.807, 2.05) is 13.8 Å². The van der Waals surface area contributed by atoms with Gasteiger partial charge in [0.05, 0.1) is 0 Å². The van der Waals surface area contributed by atoms with Crippen molar-refractivity contribution in [3.63, 3.8) is 0 Å². The summed E-state index contributed by atoms with van der Waals surface area (Å²) in [7, 11) is 1.76. The van der Waals surface area contributed by atoms with Crippen LogP contribution < -0.4 is 10.9 Å². The maximum absolute atomic E-state index is 11.2. The van der Waals surface area contributed by atoms with Crippen molar-refractivity contribution >= 4 is 5.78 Å². The summed E-state index contributed by atoms with van der Waals surface area (Å²) in [4.78, 5) is 11.2. The molecule has 0 saturated heterocycles. The highest BCUT2D eigenvalue weighted by molar-refractivity contribution is 6.03. The van der Waals surface area contributed by atoms with Gasteiger partial charge in [0.1, 0.15) is 0 Å². The summed E-state index contributed by atoms with van der Waals surface area (Å²) < 4.78 is 0. The SMILES string of the molecule is C=CC(=O)C(CC)=C(C)NNC. The van der Waals surface area contributed by atoms with Crippen LogP contribution in [-0.2, 0) is 4.79 Å². The summed E-state index contributed by atoms with van der Waals surface area (Å²) in [6, 6.07) is 0. The molecule has 0 amide bonds. The fourth-order valence-corrected chi connectivity index (χ4v) is 1.01. The van der Waals surface area contributed by atoms with E-state index in [1.54, 1.807) is 7.05 Å². The molecule has 0 aromatic heterocycles. The van der Waals surface area contributed by atoms with E-state index in [-0.39, 0.29) is 5.78 Å². The lowest BCUT2D eigenvalue weighted by molar-refractivity contribution is -0.111. The van der Waals surface area contributed by atoms with Gasteiger partial charge < -0.3 is 5.43 Å². The average molecular weight is 168 g/mol. The maximum atomic E-state index is 11.2. The summed E-state index contributed by atoms with van der Waals surface area (Å²) in [5.74, 6) is -0.0160. The fourth-order valence-electron chi connectivity index (χ4n) is 1.01. The molecule has 2 N–H and O–H groups in total. The third kappa shape index (κ3) is 2.88. The molecule has 0 aliphatic carbocycles. The standard InChI is InChI=1S/C9H16N2O/c1-5-8(9(12)6-2)7(3)11-10-4/h6,10-11H,2,5H2,1,3-4H3. The van der Waals surface area contributed by atoms with Gasteiger partial charge in [-0.2, -0.15) is 0 Å². The van der Waals surface area contributed by atoms with Crippen molar-refractivity contribution in [3.05, 3.63) is 23.9 Å². The first kappa shape index (κ1) is 10.9. The first-order valence-electron chi connectivity index (χ1n) is 3.96. The molecule has 3 heteroatoms. The molecule has 0 aliphatic heterocycles. The third-order valence-corrected chi connectivity index (χ3v) is 1.60. The first-order valence-corrected chi connectivity index (χ1v) is 3.96. The summed E-state index contributed by atoms with van der Waals surface area (Å²) in [6.45, 7) is 7.24. The summed E-state index contributed by atoms with van der Waals surface area (Å²) >= 11 is 0. The number of rotatable bonds is 5. The molecule has 0 fully saturated rings. The topological polar surface area (TPSA) is 41.1 Å². The molecule has 0 rings (SSSR count).